The predicted octanol–water partition coefficient (Wildman–Crippen LogP) is -2.22. The molecule has 141 heavy (non-hydrogen) atoms. The number of nitrogens with two attached hydrogens (primary N) is 4. The first kappa shape index (κ1) is 122. The van der Waals surface area contributed by atoms with Crippen molar-refractivity contribution in [3.8, 4) is 5.75 Å². The predicted molar refractivity (Wildman–Crippen MR) is 499 cm³/mol. The number of anilines is 1. The minimum absolute atomic E-state index is 0.00979. The van der Waals surface area contributed by atoms with E-state index in [0.29, 0.717) is 62.6 Å². The molecule has 0 spiro atoms. The molecule has 2 aromatic rings. The van der Waals surface area contributed by atoms with E-state index in [-0.39, 0.29) is 87.5 Å². The highest BCUT2D eigenvalue weighted by Crippen LogP contribution is 2.38. The first-order valence-corrected chi connectivity index (χ1v) is 46.1. The number of aliphatic hydroxyl groups excluding tert-OH is 2. The van der Waals surface area contributed by atoms with E-state index in [4.69, 9.17) is 22.9 Å². The van der Waals surface area contributed by atoms with Gasteiger partial charge in [0, 0.05) is 77.2 Å². The second kappa shape index (κ2) is 58.5. The van der Waals surface area contributed by atoms with Crippen molar-refractivity contribution in [3.05, 3.63) is 59.2 Å². The summed E-state index contributed by atoms with van der Waals surface area (Å²) in [6.07, 6.45) is -18.2. The van der Waals surface area contributed by atoms with Crippen LogP contribution in [0.4, 0.5) is 32.0 Å². The molecule has 1 aliphatic rings. The molecule has 29 N–H and O–H groups in total. The number of phenolic OH excluding ortho intramolecular Hbond substituents is 1. The highest BCUT2D eigenvalue weighted by molar-refractivity contribution is 6.01. The van der Waals surface area contributed by atoms with Gasteiger partial charge in [0.05, 0.1) is 59.3 Å². The van der Waals surface area contributed by atoms with Gasteiger partial charge in [0.15, 0.2) is 0 Å². The molecule has 0 unspecified atom stereocenters. The van der Waals surface area contributed by atoms with E-state index in [0.717, 1.165) is 11.8 Å². The van der Waals surface area contributed by atoms with Crippen LogP contribution < -0.4 is 103 Å². The zero-order chi connectivity index (χ0) is 107. The molecular formula is C89H141F6N23O23. The maximum absolute atomic E-state index is 14.8. The lowest BCUT2D eigenvalue weighted by Crippen LogP contribution is -2.62. The lowest BCUT2D eigenvalue weighted by atomic mass is 9.99. The molecule has 1 aliphatic heterocycles. The Morgan fingerprint density at radius 1 is 0.504 bits per heavy atom. The Morgan fingerprint density at radius 3 is 1.35 bits per heavy atom. The molecule has 1 heterocycles. The van der Waals surface area contributed by atoms with Crippen molar-refractivity contribution in [1.82, 2.24) is 84.2 Å². The molecule has 0 aliphatic carbocycles. The molecular weight excluding hydrogens is 1870 g/mol. The van der Waals surface area contributed by atoms with Crippen molar-refractivity contribution in [2.75, 3.05) is 70.8 Å². The van der Waals surface area contributed by atoms with Gasteiger partial charge in [-0.1, -0.05) is 64.0 Å². The number of oxime groups is 2. The highest BCUT2D eigenvalue weighted by Gasteiger charge is 2.44. The van der Waals surface area contributed by atoms with Crippen LogP contribution in [0.1, 0.15) is 197 Å². The van der Waals surface area contributed by atoms with Gasteiger partial charge >= 0.3 is 18.3 Å². The number of nitrogens with zero attached hydrogens (tertiary/aromatic N) is 4. The number of hydrogen-bond donors (Lipinski definition) is 25. The first-order chi connectivity index (χ1) is 65.7. The third-order valence-corrected chi connectivity index (χ3v) is 23.0. The van der Waals surface area contributed by atoms with Crippen molar-refractivity contribution in [2.24, 2.45) is 51.0 Å². The summed E-state index contributed by atoms with van der Waals surface area (Å²) in [5.41, 5.74) is 17.0. The van der Waals surface area contributed by atoms with E-state index >= 15 is 0 Å². The van der Waals surface area contributed by atoms with Crippen molar-refractivity contribution >= 4 is 118 Å². The van der Waals surface area contributed by atoms with Gasteiger partial charge in [0.2, 0.25) is 94.5 Å². The first-order valence-electron chi connectivity index (χ1n) is 46.1. The minimum Gasteiger partial charge on any atom is -0.508 e. The van der Waals surface area contributed by atoms with Gasteiger partial charge in [-0.3, -0.25) is 86.4 Å². The van der Waals surface area contributed by atoms with E-state index in [1.54, 1.807) is 41.5 Å². The number of carboxylic acids is 1. The summed E-state index contributed by atoms with van der Waals surface area (Å²) in [7, 11) is 0. The quantitative estimate of drug-likeness (QED) is 0.0110. The van der Waals surface area contributed by atoms with Crippen molar-refractivity contribution in [2.45, 2.75) is 288 Å². The molecule has 0 aromatic heterocycles. The number of aliphatic hydroxyl groups is 2. The van der Waals surface area contributed by atoms with Crippen LogP contribution in [0.3, 0.4) is 0 Å². The molecule has 0 bridgehead atoms. The van der Waals surface area contributed by atoms with Crippen LogP contribution in [-0.4, -0.2) is 308 Å². The van der Waals surface area contributed by atoms with Gasteiger partial charge in [-0.2, -0.15) is 26.3 Å². The maximum Gasteiger partial charge on any atom is 0.416 e. The second-order valence-corrected chi connectivity index (χ2v) is 36.7. The molecule has 0 radical (unpaired) electrons. The Morgan fingerprint density at radius 2 is 0.922 bits per heavy atom. The molecule has 1 fully saturated rings. The lowest BCUT2D eigenvalue weighted by Gasteiger charge is -2.31. The van der Waals surface area contributed by atoms with Gasteiger partial charge < -0.3 is 138 Å². The van der Waals surface area contributed by atoms with Crippen LogP contribution in [0.5, 0.6) is 5.75 Å². The SMILES string of the molecule is C/C(=N/O)C(C)(C)NCCN(CCNC(=O)CNC(=O)[C@H](CCCCN)NC(=O)[C@H](CC(C)C)NC(=O)[C@H](CC(C)C)NC(=O)[C@@H](NC(=O)[C@H](Cc1ccc(O)cc1)NC(=O)[C@@H]1CCCN1C(=O)[C@H](CO)NC(=O)[C@@H](NC(=O)[C@H](CCC(N)=O)NC(=O)[C@H](CCC(=O)O)NC(=O)[C@H](CCC(N)=O)NC(=O)[C@H](CC(N)=O)Nc1cc(C(F)(F)F)cc(C(F)(F)F)c1)C(C)C)[C@@H](C)O)CCNC(C)(C)/C(C)=N\O. The summed E-state index contributed by atoms with van der Waals surface area (Å²) in [4.78, 5) is 238. The number of benzene rings is 2. The number of alkyl halides is 6. The Balaban J connectivity index is 1.90. The summed E-state index contributed by atoms with van der Waals surface area (Å²) >= 11 is 0. The molecule has 1 saturated heterocycles. The molecule has 52 heteroatoms. The fraction of sp³-hybridized carbons (Fsp3) is 0.652. The normalized spacial score (nSPS) is 15.8. The minimum atomic E-state index is -5.39. The maximum atomic E-state index is 14.8. The van der Waals surface area contributed by atoms with Crippen LogP contribution in [0.2, 0.25) is 0 Å². The van der Waals surface area contributed by atoms with Crippen LogP contribution in [0.25, 0.3) is 0 Å². The van der Waals surface area contributed by atoms with E-state index in [2.05, 4.69) is 84.3 Å². The number of carbonyl (C=O) groups excluding carboxylic acids is 16. The van der Waals surface area contributed by atoms with Crippen LogP contribution >= 0.6 is 0 Å². The third-order valence-electron chi connectivity index (χ3n) is 23.0. The summed E-state index contributed by atoms with van der Waals surface area (Å²) in [5.74, 6) is -21.3. The van der Waals surface area contributed by atoms with Gasteiger partial charge in [-0.15, -0.1) is 0 Å². The zero-order valence-electron chi connectivity index (χ0n) is 81.4. The van der Waals surface area contributed by atoms with E-state index < -0.39 is 290 Å². The number of halogens is 6. The van der Waals surface area contributed by atoms with Crippen molar-refractivity contribution in [1.29, 1.82) is 0 Å². The Bertz CT molecular complexity index is 4570. The second-order valence-electron chi connectivity index (χ2n) is 36.7. The van der Waals surface area contributed by atoms with Crippen LogP contribution in [0.15, 0.2) is 52.8 Å². The van der Waals surface area contributed by atoms with Crippen molar-refractivity contribution in [3.63, 3.8) is 0 Å². The van der Waals surface area contributed by atoms with Gasteiger partial charge in [0.1, 0.15) is 78.3 Å². The zero-order valence-corrected chi connectivity index (χ0v) is 81.4. The summed E-state index contributed by atoms with van der Waals surface area (Å²) < 4.78 is 83.0. The number of amides is 16. The third kappa shape index (κ3) is 43.5. The van der Waals surface area contributed by atoms with E-state index in [1.807, 2.05) is 38.3 Å². The fourth-order valence-electron chi connectivity index (χ4n) is 14.4. The van der Waals surface area contributed by atoms with Gasteiger partial charge in [-0.05, 0) is 173 Å². The monoisotopic (exact) mass is 2010 g/mol. The summed E-state index contributed by atoms with van der Waals surface area (Å²) in [6.45, 7) is 22.3. The lowest BCUT2D eigenvalue weighted by molar-refractivity contribution is -0.143. The molecule has 792 valence electrons. The number of likely N-dealkylation sites (tertiary alicyclic amines) is 1. The Hall–Kier alpha value is -12.7. The fourth-order valence-corrected chi connectivity index (χ4v) is 14.4. The largest absolute Gasteiger partial charge is 0.508 e. The highest BCUT2D eigenvalue weighted by atomic mass is 19.4. The van der Waals surface area contributed by atoms with Gasteiger partial charge in [0.25, 0.3) is 0 Å². The number of carbonyl (C=O) groups is 17. The number of aliphatic carboxylic acids is 1. The number of rotatable bonds is 63. The number of nitrogens with one attached hydrogen (secondary N) is 15. The average Bonchev–Trinajstić information content (AvgIpc) is 1.67. The number of aromatic hydroxyl groups is 1. The molecule has 3 rings (SSSR count). The summed E-state index contributed by atoms with van der Waals surface area (Å²) in [6, 6.07) is -15.8. The smallest absolute Gasteiger partial charge is 0.416 e. The standard InChI is InChI=1S/C89H141F6N23O23/c1-46(2)37-61(78(132)105-57(17-14-15-29-96)74(128)101-44-70(125)100-30-34-117(35-31-102-86(10,11)50(8)115-140)36-32-103-87(12,13)51(9)116-141)109-79(133)62(38-47(3)4)111-84(138)73(49(7)120)114-81(135)63(39-52-19-21-56(121)22-20-52)110-82(136)66-18-16-33-118(66)85(139)65(45-119)112-83(137)72(48(5)6)113-77(131)59(24-27-68(98)123)106-76(130)60(25-28-71(126)127)107-75(129)58(23-26-67(97)122)108-80(134)64(43-69(99)124)104-55-41-53(88(90,91)92)40-54(42-55)89(93,94)95/h19-22,40-42,46-49,57-66,72-73,102-104,119-121,140-141H,14-18,23-39,43-45,96H2,1-13H3,(H2,97,122)(H2,98,123)(H2,99,124)(H,100,125)(H,101,128)(H,105,132)(H,106,130)(H,107,129)(H,108,134)(H,109,133)(H,110,136)(H,111,138)(H,112,137)(H,113,131)(H,114,135)(H,126,127)/b115-50-,116-51-/t49-,57+,58+,59+,60+,61+,62+,63+,64+,65+,66+,72+,73+/m1/s1. The van der Waals surface area contributed by atoms with Crippen molar-refractivity contribution < 1.29 is 139 Å². The molecule has 13 atom stereocenters. The molecule has 2 aromatic carbocycles. The summed E-state index contributed by atoms with van der Waals surface area (Å²) in [5, 5.41) is 106. The Kier molecular flexibility index (Phi) is 50.8. The van der Waals surface area contributed by atoms with Gasteiger partial charge in [-0.25, -0.2) is 0 Å². The Labute approximate surface area is 812 Å². The topological polar surface area (TPSA) is 727 Å². The molecule has 16 amide bonds. The van der Waals surface area contributed by atoms with E-state index in [9.17, 15) is 139 Å². The number of hydrogen-bond acceptors (Lipinski definition) is 29. The number of unbranched alkanes of at least 4 members (excludes halogenated alkanes) is 1. The number of phenols is 1. The van der Waals surface area contributed by atoms with Crippen LogP contribution in [0, 0.1) is 17.8 Å². The molecule has 0 saturated carbocycles. The van der Waals surface area contributed by atoms with Crippen LogP contribution in [-0.2, 0) is 100 Å². The average molecular weight is 2020 g/mol. The number of primary amides is 3. The van der Waals surface area contributed by atoms with E-state index in [1.165, 1.54) is 38.1 Å². The number of carboxylic acid groups (broad SMARTS) is 1. The molecule has 46 nitrogen and oxygen atoms in total.